The number of rotatable bonds is 20. The minimum Gasteiger partial charge on any atom is -0.465 e. The first-order chi connectivity index (χ1) is 17.5. The van der Waals surface area contributed by atoms with Gasteiger partial charge in [-0.2, -0.15) is 0 Å². The van der Waals surface area contributed by atoms with Crippen molar-refractivity contribution < 1.29 is 51.2 Å². The molecule has 12 nitrogen and oxygen atoms in total. The Kier molecular flexibility index (Phi) is 16.2. The van der Waals surface area contributed by atoms with Gasteiger partial charge in [-0.15, -0.1) is 0 Å². The van der Waals surface area contributed by atoms with E-state index in [2.05, 4.69) is 4.98 Å². The van der Waals surface area contributed by atoms with Gasteiger partial charge in [-0.1, -0.05) is 0 Å². The third-order valence-corrected chi connectivity index (χ3v) is 7.84. The molecule has 0 saturated heterocycles. The zero-order valence-corrected chi connectivity index (χ0v) is 24.3. The Morgan fingerprint density at radius 1 is 0.730 bits per heavy atom. The van der Waals surface area contributed by atoms with Gasteiger partial charge < -0.3 is 46.4 Å². The van der Waals surface area contributed by atoms with Crippen LogP contribution >= 0.6 is 0 Å². The van der Waals surface area contributed by atoms with Crippen molar-refractivity contribution in [1.29, 1.82) is 0 Å². The van der Waals surface area contributed by atoms with Crippen LogP contribution in [0.1, 0.15) is 47.1 Å². The van der Waals surface area contributed by atoms with Crippen LogP contribution in [0.3, 0.4) is 0 Å². The maximum atomic E-state index is 12.4. The van der Waals surface area contributed by atoms with E-state index < -0.39 is 52.5 Å². The Hall–Kier alpha value is -1.52. The molecule has 1 aromatic heterocycles. The largest absolute Gasteiger partial charge is 0.510 e. The first-order valence-corrected chi connectivity index (χ1v) is 14.1. The molecule has 6 unspecified atom stereocenters. The Labute approximate surface area is 221 Å². The van der Waals surface area contributed by atoms with E-state index >= 15 is 0 Å². The summed E-state index contributed by atoms with van der Waals surface area (Å²) in [4.78, 5) is 16.4. The molecule has 0 aliphatic heterocycles. The van der Waals surface area contributed by atoms with Crippen molar-refractivity contribution in [1.82, 2.24) is 4.98 Å². The van der Waals surface area contributed by atoms with E-state index in [4.69, 9.17) is 46.4 Å². The Balaban J connectivity index is 3.08. The zero-order chi connectivity index (χ0) is 27.8. The van der Waals surface area contributed by atoms with Crippen molar-refractivity contribution in [2.24, 2.45) is 0 Å². The number of esters is 1. The number of hydrogen-bond acceptors (Lipinski definition) is 12. The van der Waals surface area contributed by atoms with E-state index in [-0.39, 0.29) is 19.1 Å². The molecule has 0 aliphatic rings. The van der Waals surface area contributed by atoms with Gasteiger partial charge in [0.25, 0.3) is 0 Å². The van der Waals surface area contributed by atoms with Crippen LogP contribution in [0.25, 0.3) is 0 Å². The number of ether oxygens (including phenoxy) is 7. The van der Waals surface area contributed by atoms with Gasteiger partial charge in [-0.25, -0.2) is 0 Å². The normalized spacial score (nSPS) is 18.3. The number of nitrogens with zero attached hydrogens (tertiary/aromatic N) is 1. The second-order valence-electron chi connectivity index (χ2n) is 8.06. The minimum atomic E-state index is -3.71. The maximum Gasteiger partial charge on any atom is 0.510 e. The average Bonchev–Trinajstić information content (AvgIpc) is 2.83. The third-order valence-electron chi connectivity index (χ3n) is 4.95. The fourth-order valence-electron chi connectivity index (χ4n) is 3.09. The van der Waals surface area contributed by atoms with Crippen molar-refractivity contribution >= 4 is 14.8 Å². The molecule has 1 rings (SSSR count). The third kappa shape index (κ3) is 14.3. The molecule has 0 amide bonds. The van der Waals surface area contributed by atoms with Gasteiger partial charge in [0.15, 0.2) is 37.7 Å². The van der Waals surface area contributed by atoms with Gasteiger partial charge in [-0.05, 0) is 59.2 Å². The van der Waals surface area contributed by atoms with Gasteiger partial charge in [0, 0.05) is 33.7 Å². The summed E-state index contributed by atoms with van der Waals surface area (Å²) in [5.41, 5.74) is 0.786. The van der Waals surface area contributed by atoms with E-state index in [9.17, 15) is 4.79 Å². The van der Waals surface area contributed by atoms with Gasteiger partial charge >= 0.3 is 14.8 Å². The second kappa shape index (κ2) is 17.9. The van der Waals surface area contributed by atoms with Crippen LogP contribution in [0, 0.1) is 0 Å². The fourth-order valence-corrected chi connectivity index (χ4v) is 5.64. The Morgan fingerprint density at radius 2 is 1.14 bits per heavy atom. The first kappa shape index (κ1) is 33.5. The molecule has 214 valence electrons. The maximum absolute atomic E-state index is 12.4. The molecule has 0 spiro atoms. The summed E-state index contributed by atoms with van der Waals surface area (Å²) in [5, 5.41) is 0. The highest BCUT2D eigenvalue weighted by molar-refractivity contribution is 6.60. The first-order valence-electron chi connectivity index (χ1n) is 12.1. The topological polar surface area (TPSA) is 122 Å². The summed E-state index contributed by atoms with van der Waals surface area (Å²) < 4.78 is 56.9. The van der Waals surface area contributed by atoms with Gasteiger partial charge in [0.2, 0.25) is 0 Å². The van der Waals surface area contributed by atoms with Gasteiger partial charge in [0.1, 0.15) is 0 Å². The Morgan fingerprint density at radius 3 is 1.51 bits per heavy atom. The molecule has 0 bridgehead atoms. The van der Waals surface area contributed by atoms with Crippen LogP contribution in [0.5, 0.6) is 0 Å². The number of carbonyl (C=O) groups is 1. The van der Waals surface area contributed by atoms with Crippen LogP contribution in [-0.4, -0.2) is 85.4 Å². The lowest BCUT2D eigenvalue weighted by molar-refractivity contribution is -0.252. The number of aromatic nitrogens is 1. The highest BCUT2D eigenvalue weighted by Crippen LogP contribution is 2.25. The fraction of sp³-hybridized carbons (Fsp3) is 0.750. The summed E-state index contributed by atoms with van der Waals surface area (Å²) in [6.07, 6.45) is -0.722. The molecule has 0 aromatic carbocycles. The van der Waals surface area contributed by atoms with E-state index in [0.29, 0.717) is 0 Å². The molecule has 0 saturated carbocycles. The number of methoxy groups -OCH3 is 3. The lowest BCUT2D eigenvalue weighted by Crippen LogP contribution is -2.54. The standard InChI is InChI=1S/C24H43NO11Si/c1-17(27-7)31-20(4)34-37(35-21(5)32-18(2)28-8,36-22(6)33-19(3)29-9)15-14-30-24(26)16-23-10-12-25-13-11-23/h10-13,17-22H,14-16H2,1-9H3. The highest BCUT2D eigenvalue weighted by Gasteiger charge is 2.47. The summed E-state index contributed by atoms with van der Waals surface area (Å²) in [5.74, 6) is -0.416. The lowest BCUT2D eigenvalue weighted by atomic mass is 10.2. The Bertz CT molecular complexity index is 694. The quantitative estimate of drug-likeness (QED) is 0.135. The molecule has 1 aromatic rings. The molecule has 37 heavy (non-hydrogen) atoms. The van der Waals surface area contributed by atoms with Gasteiger partial charge in [-0.3, -0.25) is 9.78 Å². The molecule has 0 radical (unpaired) electrons. The van der Waals surface area contributed by atoms with Crippen molar-refractivity contribution in [3.8, 4) is 0 Å². The van der Waals surface area contributed by atoms with E-state index in [0.717, 1.165) is 5.56 Å². The molecule has 6 atom stereocenters. The summed E-state index contributed by atoms with van der Waals surface area (Å²) in [6, 6.07) is 3.59. The monoisotopic (exact) mass is 549 g/mol. The number of hydrogen-bond donors (Lipinski definition) is 0. The molecule has 0 aliphatic carbocycles. The van der Waals surface area contributed by atoms with Crippen LogP contribution in [0.2, 0.25) is 6.04 Å². The van der Waals surface area contributed by atoms with Gasteiger partial charge in [0.05, 0.1) is 19.1 Å². The van der Waals surface area contributed by atoms with Crippen LogP contribution < -0.4 is 0 Å². The molecule has 1 heterocycles. The molecule has 13 heteroatoms. The van der Waals surface area contributed by atoms with E-state index in [1.165, 1.54) is 21.3 Å². The summed E-state index contributed by atoms with van der Waals surface area (Å²) in [6.45, 7) is 10.2. The molecule has 0 N–H and O–H groups in total. The highest BCUT2D eigenvalue weighted by atomic mass is 28.4. The lowest BCUT2D eigenvalue weighted by Gasteiger charge is -2.37. The molecular weight excluding hydrogens is 506 g/mol. The predicted molar refractivity (Wildman–Crippen MR) is 134 cm³/mol. The summed E-state index contributed by atoms with van der Waals surface area (Å²) in [7, 11) is 0.835. The van der Waals surface area contributed by atoms with Crippen molar-refractivity contribution in [2.75, 3.05) is 27.9 Å². The summed E-state index contributed by atoms with van der Waals surface area (Å²) >= 11 is 0. The van der Waals surface area contributed by atoms with E-state index in [1.54, 1.807) is 66.1 Å². The number of carbonyl (C=O) groups excluding carboxylic acids is 1. The smallest absolute Gasteiger partial charge is 0.465 e. The second-order valence-corrected chi connectivity index (χ2v) is 10.6. The van der Waals surface area contributed by atoms with Crippen LogP contribution in [-0.2, 0) is 57.7 Å². The SMILES string of the molecule is COC(C)OC(C)O[Si](CCOC(=O)Cc1ccncc1)(OC(C)OC(C)OC)OC(C)OC(C)OC. The number of pyridine rings is 1. The van der Waals surface area contributed by atoms with Crippen molar-refractivity contribution in [3.63, 3.8) is 0 Å². The minimum absolute atomic E-state index is 0.0399. The molecule has 0 fully saturated rings. The van der Waals surface area contributed by atoms with Crippen molar-refractivity contribution in [2.45, 2.75) is 91.7 Å². The average molecular weight is 550 g/mol. The molecular formula is C24H43NO11Si. The van der Waals surface area contributed by atoms with E-state index in [1.807, 2.05) is 0 Å². The van der Waals surface area contributed by atoms with Crippen molar-refractivity contribution in [3.05, 3.63) is 30.1 Å². The predicted octanol–water partition coefficient (Wildman–Crippen LogP) is 3.22. The zero-order valence-electron chi connectivity index (χ0n) is 23.3. The van der Waals surface area contributed by atoms with Crippen LogP contribution in [0.4, 0.5) is 0 Å². The van der Waals surface area contributed by atoms with Crippen LogP contribution in [0.15, 0.2) is 24.5 Å².